The maximum absolute atomic E-state index is 12.9. The number of carbonyl (C=O) groups excluding carboxylic acids is 2. The summed E-state index contributed by atoms with van der Waals surface area (Å²) in [6.07, 6.45) is 0. The van der Waals surface area contributed by atoms with Crippen molar-refractivity contribution >= 4 is 21.7 Å². The van der Waals surface area contributed by atoms with Gasteiger partial charge in [-0.05, 0) is 30.5 Å². The fourth-order valence-electron chi connectivity index (χ4n) is 3.28. The van der Waals surface area contributed by atoms with Crippen molar-refractivity contribution in [3.05, 3.63) is 65.2 Å². The molecule has 0 bridgehead atoms. The van der Waals surface area contributed by atoms with Crippen LogP contribution < -0.4 is 0 Å². The zero-order valence-electron chi connectivity index (χ0n) is 17.0. The van der Waals surface area contributed by atoms with Crippen LogP contribution in [0.3, 0.4) is 0 Å². The molecule has 3 rings (SSSR count). The molecule has 0 aliphatic carbocycles. The predicted molar refractivity (Wildman–Crippen MR) is 111 cm³/mol. The highest BCUT2D eigenvalue weighted by Gasteiger charge is 2.32. The standard InChI is InChI=1S/C22H26N2O4S/c1-16(2)18-8-10-20(11-9-18)29(27,28)24-14-12-23(13-15-24)22(26)21(25)19-6-4-17(3)5-7-19/h4-11,16H,12-15H2,1-3H3. The van der Waals surface area contributed by atoms with Crippen LogP contribution in [0, 0.1) is 6.92 Å². The summed E-state index contributed by atoms with van der Waals surface area (Å²) in [6.45, 7) is 6.74. The molecule has 0 unspecified atom stereocenters. The van der Waals surface area contributed by atoms with E-state index in [0.717, 1.165) is 11.1 Å². The molecule has 1 aliphatic rings. The summed E-state index contributed by atoms with van der Waals surface area (Å²) in [5, 5.41) is 0. The molecule has 2 aromatic carbocycles. The molecular weight excluding hydrogens is 388 g/mol. The molecule has 6 nitrogen and oxygen atoms in total. The Balaban J connectivity index is 1.65. The molecule has 154 valence electrons. The Morgan fingerprint density at radius 3 is 1.93 bits per heavy atom. The van der Waals surface area contributed by atoms with Crippen LogP contribution in [-0.2, 0) is 14.8 Å². The number of amides is 1. The van der Waals surface area contributed by atoms with Gasteiger partial charge in [-0.2, -0.15) is 4.31 Å². The molecule has 1 aliphatic heterocycles. The topological polar surface area (TPSA) is 74.8 Å². The van der Waals surface area contributed by atoms with E-state index in [0.29, 0.717) is 11.5 Å². The van der Waals surface area contributed by atoms with Gasteiger partial charge in [-0.3, -0.25) is 9.59 Å². The third-order valence-corrected chi connectivity index (χ3v) is 7.13. The first kappa shape index (κ1) is 21.2. The van der Waals surface area contributed by atoms with Gasteiger partial charge in [0, 0.05) is 31.7 Å². The Labute approximate surface area is 172 Å². The number of rotatable bonds is 5. The van der Waals surface area contributed by atoms with E-state index in [9.17, 15) is 18.0 Å². The molecular formula is C22H26N2O4S. The van der Waals surface area contributed by atoms with Crippen LogP contribution in [-0.4, -0.2) is 55.5 Å². The summed E-state index contributed by atoms with van der Waals surface area (Å²) in [4.78, 5) is 26.6. The van der Waals surface area contributed by atoms with Crippen LogP contribution in [0.1, 0.15) is 41.3 Å². The van der Waals surface area contributed by atoms with Crippen molar-refractivity contribution in [3.63, 3.8) is 0 Å². The summed E-state index contributed by atoms with van der Waals surface area (Å²) in [5.74, 6) is -0.829. The van der Waals surface area contributed by atoms with Crippen molar-refractivity contribution in [1.29, 1.82) is 0 Å². The van der Waals surface area contributed by atoms with E-state index in [1.54, 1.807) is 36.4 Å². The lowest BCUT2D eigenvalue weighted by Crippen LogP contribution is -2.52. The molecule has 0 spiro atoms. The molecule has 7 heteroatoms. The molecule has 2 aromatic rings. The first-order chi connectivity index (χ1) is 13.7. The minimum atomic E-state index is -3.62. The highest BCUT2D eigenvalue weighted by molar-refractivity contribution is 7.89. The maximum atomic E-state index is 12.9. The number of carbonyl (C=O) groups is 2. The van der Waals surface area contributed by atoms with Gasteiger partial charge in [-0.25, -0.2) is 8.42 Å². The molecule has 0 aromatic heterocycles. The number of nitrogens with zero attached hydrogens (tertiary/aromatic N) is 2. The van der Waals surface area contributed by atoms with Gasteiger partial charge in [0.15, 0.2) is 0 Å². The van der Waals surface area contributed by atoms with Crippen LogP contribution >= 0.6 is 0 Å². The minimum Gasteiger partial charge on any atom is -0.333 e. The molecule has 1 amide bonds. The largest absolute Gasteiger partial charge is 0.333 e. The van der Waals surface area contributed by atoms with Crippen molar-refractivity contribution in [2.75, 3.05) is 26.2 Å². The smallest absolute Gasteiger partial charge is 0.295 e. The van der Waals surface area contributed by atoms with Gasteiger partial charge in [-0.1, -0.05) is 55.8 Å². The first-order valence-electron chi connectivity index (χ1n) is 9.70. The Morgan fingerprint density at radius 2 is 1.41 bits per heavy atom. The third-order valence-electron chi connectivity index (χ3n) is 5.22. The second-order valence-electron chi connectivity index (χ2n) is 7.62. The molecule has 0 atom stereocenters. The van der Waals surface area contributed by atoms with Crippen LogP contribution in [0.15, 0.2) is 53.4 Å². The lowest BCUT2D eigenvalue weighted by molar-refractivity contribution is -0.127. The Kier molecular flexibility index (Phi) is 6.19. The Bertz CT molecular complexity index is 988. The average molecular weight is 415 g/mol. The van der Waals surface area contributed by atoms with Crippen molar-refractivity contribution in [3.8, 4) is 0 Å². The van der Waals surface area contributed by atoms with Crippen LogP contribution in [0.2, 0.25) is 0 Å². The predicted octanol–water partition coefficient (Wildman–Crippen LogP) is 2.83. The van der Waals surface area contributed by atoms with Gasteiger partial charge >= 0.3 is 0 Å². The number of piperazine rings is 1. The summed E-state index contributed by atoms with van der Waals surface area (Å²) < 4.78 is 27.1. The summed E-state index contributed by atoms with van der Waals surface area (Å²) >= 11 is 0. The number of benzene rings is 2. The number of Topliss-reactive ketones (excluding diaryl/α,β-unsaturated/α-hetero) is 1. The second-order valence-corrected chi connectivity index (χ2v) is 9.55. The number of sulfonamides is 1. The van der Waals surface area contributed by atoms with E-state index in [2.05, 4.69) is 13.8 Å². The average Bonchev–Trinajstić information content (AvgIpc) is 2.73. The Morgan fingerprint density at radius 1 is 0.862 bits per heavy atom. The number of aryl methyl sites for hydroxylation is 1. The van der Waals surface area contributed by atoms with Gasteiger partial charge in [-0.15, -0.1) is 0 Å². The fraction of sp³-hybridized carbons (Fsp3) is 0.364. The van der Waals surface area contributed by atoms with E-state index < -0.39 is 21.7 Å². The molecule has 1 fully saturated rings. The lowest BCUT2D eigenvalue weighted by Gasteiger charge is -2.33. The van der Waals surface area contributed by atoms with Gasteiger partial charge in [0.2, 0.25) is 15.8 Å². The SMILES string of the molecule is Cc1ccc(C(=O)C(=O)N2CCN(S(=O)(=O)c3ccc(C(C)C)cc3)CC2)cc1. The Hall–Kier alpha value is -2.51. The molecule has 0 saturated carbocycles. The van der Waals surface area contributed by atoms with E-state index in [1.807, 2.05) is 19.1 Å². The van der Waals surface area contributed by atoms with Gasteiger partial charge in [0.25, 0.3) is 5.91 Å². The zero-order valence-corrected chi connectivity index (χ0v) is 17.8. The number of hydrogen-bond donors (Lipinski definition) is 0. The highest BCUT2D eigenvalue weighted by atomic mass is 32.2. The third kappa shape index (κ3) is 4.57. The van der Waals surface area contributed by atoms with Crippen LogP contribution in [0.5, 0.6) is 0 Å². The van der Waals surface area contributed by atoms with Gasteiger partial charge in [0.05, 0.1) is 4.90 Å². The number of ketones is 1. The summed E-state index contributed by atoms with van der Waals surface area (Å²) in [6, 6.07) is 13.8. The van der Waals surface area contributed by atoms with E-state index in [4.69, 9.17) is 0 Å². The van der Waals surface area contributed by atoms with E-state index >= 15 is 0 Å². The van der Waals surface area contributed by atoms with Crippen molar-refractivity contribution in [2.24, 2.45) is 0 Å². The molecule has 0 N–H and O–H groups in total. The zero-order chi connectivity index (χ0) is 21.2. The van der Waals surface area contributed by atoms with E-state index in [1.165, 1.54) is 9.21 Å². The van der Waals surface area contributed by atoms with Crippen LogP contribution in [0.4, 0.5) is 0 Å². The summed E-state index contributed by atoms with van der Waals surface area (Å²) in [5.41, 5.74) is 2.43. The molecule has 1 saturated heterocycles. The first-order valence-corrected chi connectivity index (χ1v) is 11.1. The normalized spacial score (nSPS) is 15.5. The van der Waals surface area contributed by atoms with Crippen LogP contribution in [0.25, 0.3) is 0 Å². The van der Waals surface area contributed by atoms with E-state index in [-0.39, 0.29) is 31.1 Å². The lowest BCUT2D eigenvalue weighted by atomic mass is 10.0. The minimum absolute atomic E-state index is 0.168. The molecule has 29 heavy (non-hydrogen) atoms. The maximum Gasteiger partial charge on any atom is 0.295 e. The second kappa shape index (κ2) is 8.47. The van der Waals surface area contributed by atoms with Crippen molar-refractivity contribution < 1.29 is 18.0 Å². The van der Waals surface area contributed by atoms with Crippen molar-refractivity contribution in [1.82, 2.24) is 9.21 Å². The quantitative estimate of drug-likeness (QED) is 0.557. The molecule has 0 radical (unpaired) electrons. The molecule has 1 heterocycles. The monoisotopic (exact) mass is 414 g/mol. The number of hydrogen-bond acceptors (Lipinski definition) is 4. The fourth-order valence-corrected chi connectivity index (χ4v) is 4.70. The highest BCUT2D eigenvalue weighted by Crippen LogP contribution is 2.21. The van der Waals surface area contributed by atoms with Gasteiger partial charge in [0.1, 0.15) is 0 Å². The summed E-state index contributed by atoms with van der Waals surface area (Å²) in [7, 11) is -3.62. The van der Waals surface area contributed by atoms with Crippen molar-refractivity contribution in [2.45, 2.75) is 31.6 Å². The van der Waals surface area contributed by atoms with Gasteiger partial charge < -0.3 is 4.90 Å².